The zero-order valence-electron chi connectivity index (χ0n) is 23.4. The number of para-hydroxylation sites is 1. The Kier molecular flexibility index (Phi) is 9.60. The van der Waals surface area contributed by atoms with Crippen molar-refractivity contribution in [3.05, 3.63) is 71.2 Å². The average molecular weight is 599 g/mol. The minimum atomic E-state index is -3.42. The predicted molar refractivity (Wildman–Crippen MR) is 161 cm³/mol. The lowest BCUT2D eigenvalue weighted by molar-refractivity contribution is -0.144. The van der Waals surface area contributed by atoms with E-state index in [1.54, 1.807) is 31.2 Å². The van der Waals surface area contributed by atoms with Crippen LogP contribution in [0.5, 0.6) is 5.75 Å². The number of esters is 1. The third-order valence-electron chi connectivity index (χ3n) is 6.72. The SMILES string of the molecule is CCOC(=O)CC(C(=O)Nc1cc(Cl)c(-c2ccccc2OC(C)C)cc1N)c1ccc(S(=O)(=O)CC2CC2)cc1. The Bertz CT molecular complexity index is 1520. The minimum absolute atomic E-state index is 0.0467. The van der Waals surface area contributed by atoms with Crippen molar-refractivity contribution in [3.63, 3.8) is 0 Å². The van der Waals surface area contributed by atoms with Gasteiger partial charge >= 0.3 is 5.97 Å². The first-order valence-corrected chi connectivity index (χ1v) is 15.7. The molecule has 41 heavy (non-hydrogen) atoms. The molecule has 4 rings (SSSR count). The number of amides is 1. The summed E-state index contributed by atoms with van der Waals surface area (Å²) in [5.41, 5.74) is 8.78. The topological polar surface area (TPSA) is 125 Å². The van der Waals surface area contributed by atoms with Crippen LogP contribution < -0.4 is 15.8 Å². The van der Waals surface area contributed by atoms with Crippen LogP contribution in [0, 0.1) is 5.92 Å². The number of nitrogens with two attached hydrogens (primary N) is 1. The van der Waals surface area contributed by atoms with Gasteiger partial charge in [-0.1, -0.05) is 41.9 Å². The van der Waals surface area contributed by atoms with E-state index in [0.717, 1.165) is 18.4 Å². The number of ether oxygens (including phenoxy) is 2. The number of carbonyl (C=O) groups excluding carboxylic acids is 2. The van der Waals surface area contributed by atoms with Crippen molar-refractivity contribution in [2.24, 2.45) is 5.92 Å². The highest BCUT2D eigenvalue weighted by Gasteiger charge is 2.30. The summed E-state index contributed by atoms with van der Waals surface area (Å²) in [7, 11) is -3.42. The normalized spacial score (nSPS) is 14.0. The van der Waals surface area contributed by atoms with Gasteiger partial charge in [-0.05, 0) is 75.4 Å². The van der Waals surface area contributed by atoms with Crippen molar-refractivity contribution >= 4 is 44.7 Å². The average Bonchev–Trinajstić information content (AvgIpc) is 3.73. The number of sulfone groups is 1. The van der Waals surface area contributed by atoms with Crippen LogP contribution in [-0.2, 0) is 24.2 Å². The molecule has 0 saturated heterocycles. The Hall–Kier alpha value is -3.56. The molecule has 3 aromatic rings. The van der Waals surface area contributed by atoms with E-state index in [9.17, 15) is 18.0 Å². The van der Waals surface area contributed by atoms with Gasteiger partial charge in [0.15, 0.2) is 9.84 Å². The van der Waals surface area contributed by atoms with Crippen LogP contribution >= 0.6 is 11.6 Å². The molecule has 1 aliphatic rings. The van der Waals surface area contributed by atoms with Gasteiger partial charge in [0.05, 0.1) is 52.1 Å². The summed E-state index contributed by atoms with van der Waals surface area (Å²) >= 11 is 6.66. The Balaban J connectivity index is 1.60. The minimum Gasteiger partial charge on any atom is -0.490 e. The van der Waals surface area contributed by atoms with E-state index in [-0.39, 0.29) is 47.1 Å². The van der Waals surface area contributed by atoms with Gasteiger partial charge in [0.1, 0.15) is 5.75 Å². The van der Waals surface area contributed by atoms with E-state index < -0.39 is 27.6 Å². The Morgan fingerprint density at radius 3 is 2.37 bits per heavy atom. The summed E-state index contributed by atoms with van der Waals surface area (Å²) in [5.74, 6) is -1.04. The van der Waals surface area contributed by atoms with Gasteiger partial charge in [0.25, 0.3) is 0 Å². The van der Waals surface area contributed by atoms with Gasteiger partial charge in [0.2, 0.25) is 5.91 Å². The summed E-state index contributed by atoms with van der Waals surface area (Å²) in [5, 5.41) is 3.14. The van der Waals surface area contributed by atoms with Gasteiger partial charge in [-0.25, -0.2) is 8.42 Å². The maximum absolute atomic E-state index is 13.5. The molecule has 0 spiro atoms. The van der Waals surface area contributed by atoms with Gasteiger partial charge in [-0.2, -0.15) is 0 Å². The molecule has 0 aromatic heterocycles. The quantitative estimate of drug-likeness (QED) is 0.187. The van der Waals surface area contributed by atoms with Gasteiger partial charge in [-0.15, -0.1) is 0 Å². The second kappa shape index (κ2) is 13.0. The number of rotatable bonds is 12. The van der Waals surface area contributed by atoms with E-state index in [1.165, 1.54) is 12.1 Å². The standard InChI is InChI=1S/C31H35ClN2O6S/c1-4-39-30(35)16-24(21-11-13-22(14-12-21)41(37,38)18-20-9-10-20)31(36)34-28-17-26(32)25(15-27(28)33)23-7-5-6-8-29(23)40-19(2)3/h5-8,11-15,17,19-20,24H,4,9-10,16,18,33H2,1-3H3,(H,34,36). The van der Waals surface area contributed by atoms with E-state index in [2.05, 4.69) is 5.32 Å². The molecule has 0 bridgehead atoms. The molecule has 1 unspecified atom stereocenters. The number of nitrogens with one attached hydrogen (secondary N) is 1. The van der Waals surface area contributed by atoms with Gasteiger partial charge in [-0.3, -0.25) is 9.59 Å². The van der Waals surface area contributed by atoms with Crippen LogP contribution in [0.15, 0.2) is 65.6 Å². The zero-order chi connectivity index (χ0) is 29.7. The third kappa shape index (κ3) is 7.80. The van der Waals surface area contributed by atoms with E-state index in [4.69, 9.17) is 26.8 Å². The zero-order valence-corrected chi connectivity index (χ0v) is 24.9. The largest absolute Gasteiger partial charge is 0.490 e. The highest BCUT2D eigenvalue weighted by atomic mass is 35.5. The second-order valence-corrected chi connectivity index (χ2v) is 12.9. The molecule has 0 aliphatic heterocycles. The molecular weight excluding hydrogens is 564 g/mol. The molecule has 1 saturated carbocycles. The van der Waals surface area contributed by atoms with Crippen LogP contribution in [0.2, 0.25) is 5.02 Å². The molecule has 8 nitrogen and oxygen atoms in total. The molecule has 10 heteroatoms. The molecule has 0 radical (unpaired) electrons. The molecule has 1 fully saturated rings. The first-order chi connectivity index (χ1) is 19.5. The molecular formula is C31H35ClN2O6S. The van der Waals surface area contributed by atoms with E-state index >= 15 is 0 Å². The lowest BCUT2D eigenvalue weighted by Gasteiger charge is -2.19. The van der Waals surface area contributed by atoms with Crippen molar-refractivity contribution in [2.45, 2.75) is 57.0 Å². The van der Waals surface area contributed by atoms with Crippen molar-refractivity contribution < 1.29 is 27.5 Å². The maximum Gasteiger partial charge on any atom is 0.306 e. The summed E-state index contributed by atoms with van der Waals surface area (Å²) in [6.07, 6.45) is 1.56. The fraction of sp³-hybridized carbons (Fsp3) is 0.355. The first-order valence-electron chi connectivity index (χ1n) is 13.6. The lowest BCUT2D eigenvalue weighted by Crippen LogP contribution is -2.25. The molecule has 1 aliphatic carbocycles. The number of halogens is 1. The Morgan fingerprint density at radius 1 is 1.05 bits per heavy atom. The molecule has 1 atom stereocenters. The fourth-order valence-electron chi connectivity index (χ4n) is 4.52. The second-order valence-electron chi connectivity index (χ2n) is 10.4. The number of hydrogen-bond acceptors (Lipinski definition) is 7. The number of hydrogen-bond donors (Lipinski definition) is 2. The summed E-state index contributed by atoms with van der Waals surface area (Å²) in [6.45, 7) is 5.70. The van der Waals surface area contributed by atoms with Crippen LogP contribution in [0.25, 0.3) is 11.1 Å². The van der Waals surface area contributed by atoms with Crippen LogP contribution in [-0.4, -0.2) is 38.8 Å². The number of benzene rings is 3. The van der Waals surface area contributed by atoms with Crippen LogP contribution in [0.4, 0.5) is 11.4 Å². The summed E-state index contributed by atoms with van der Waals surface area (Å²) in [6, 6.07) is 16.8. The molecule has 218 valence electrons. The van der Waals surface area contributed by atoms with Crippen molar-refractivity contribution in [1.29, 1.82) is 0 Å². The number of carbonyl (C=O) groups is 2. The number of anilines is 2. The number of nitrogen functional groups attached to an aromatic ring is 1. The fourth-order valence-corrected chi connectivity index (χ4v) is 6.48. The first kappa shape index (κ1) is 30.4. The summed E-state index contributed by atoms with van der Waals surface area (Å²) in [4.78, 5) is 26.1. The van der Waals surface area contributed by atoms with E-state index in [1.807, 2.05) is 38.1 Å². The molecule has 1 amide bonds. The molecule has 0 heterocycles. The molecule has 3 N–H and O–H groups in total. The van der Waals surface area contributed by atoms with Crippen LogP contribution in [0.1, 0.15) is 51.5 Å². The highest BCUT2D eigenvalue weighted by Crippen LogP contribution is 2.40. The van der Waals surface area contributed by atoms with Crippen molar-refractivity contribution in [2.75, 3.05) is 23.4 Å². The van der Waals surface area contributed by atoms with Gasteiger partial charge in [0, 0.05) is 11.1 Å². The maximum atomic E-state index is 13.5. The Labute approximate surface area is 246 Å². The van der Waals surface area contributed by atoms with Gasteiger partial charge < -0.3 is 20.5 Å². The van der Waals surface area contributed by atoms with Crippen LogP contribution in [0.3, 0.4) is 0 Å². The predicted octanol–water partition coefficient (Wildman–Crippen LogP) is 6.24. The Morgan fingerprint density at radius 2 is 1.73 bits per heavy atom. The summed E-state index contributed by atoms with van der Waals surface area (Å²) < 4.78 is 36.4. The third-order valence-corrected chi connectivity index (χ3v) is 8.94. The smallest absolute Gasteiger partial charge is 0.306 e. The lowest BCUT2D eigenvalue weighted by atomic mass is 9.94. The van der Waals surface area contributed by atoms with E-state index in [0.29, 0.717) is 21.9 Å². The van der Waals surface area contributed by atoms with Crippen molar-refractivity contribution in [3.8, 4) is 16.9 Å². The molecule has 3 aromatic carbocycles. The highest BCUT2D eigenvalue weighted by molar-refractivity contribution is 7.91. The monoisotopic (exact) mass is 598 g/mol. The van der Waals surface area contributed by atoms with Crippen molar-refractivity contribution in [1.82, 2.24) is 0 Å².